The lowest BCUT2D eigenvalue weighted by Gasteiger charge is -2.48. The number of para-hydroxylation sites is 1. The topological polar surface area (TPSA) is 174 Å². The fraction of sp³-hybridized carbons (Fsp3) is 0.695. The molecule has 2 aliphatic rings. The zero-order valence-electron chi connectivity index (χ0n) is 64.6. The van der Waals surface area contributed by atoms with Crippen LogP contribution in [0.1, 0.15) is 221 Å². The summed E-state index contributed by atoms with van der Waals surface area (Å²) >= 11 is 0. The molecule has 576 valence electrons. The van der Waals surface area contributed by atoms with E-state index in [1.165, 1.54) is 12.1 Å². The van der Waals surface area contributed by atoms with E-state index in [1.807, 2.05) is 59.5 Å². The molecular weight excluding hydrogens is 1330 g/mol. The van der Waals surface area contributed by atoms with Gasteiger partial charge in [0.2, 0.25) is 5.91 Å². The number of rotatable bonds is 54. The van der Waals surface area contributed by atoms with Gasteiger partial charge in [0.25, 0.3) is 0 Å². The maximum Gasteiger partial charge on any atom is 0.311 e. The molecule has 2 fully saturated rings. The molecule has 1 amide bonds. The highest BCUT2D eigenvalue weighted by Crippen LogP contribution is 2.51. The highest BCUT2D eigenvalue weighted by Gasteiger charge is 2.53. The van der Waals surface area contributed by atoms with Crippen LogP contribution in [-0.4, -0.2) is 157 Å². The Labute approximate surface area is 615 Å². The fourth-order valence-electron chi connectivity index (χ4n) is 12.5. The molecule has 6 rings (SSSR count). The van der Waals surface area contributed by atoms with Crippen LogP contribution >= 0.6 is 0 Å². The predicted molar refractivity (Wildman–Crippen MR) is 407 cm³/mol. The van der Waals surface area contributed by atoms with Crippen molar-refractivity contribution in [1.82, 2.24) is 0 Å². The van der Waals surface area contributed by atoms with Crippen molar-refractivity contribution in [3.05, 3.63) is 114 Å². The van der Waals surface area contributed by atoms with Crippen LogP contribution in [0.25, 0.3) is 11.1 Å². The molecular formula is C82H130FNO16SSi. The van der Waals surface area contributed by atoms with E-state index in [2.05, 4.69) is 95.3 Å². The zero-order valence-corrected chi connectivity index (χ0v) is 66.5. The number of anilines is 1. The second kappa shape index (κ2) is 46.0. The normalized spacial score (nSPS) is 20.4. The smallest absolute Gasteiger partial charge is 0.311 e. The Morgan fingerprint density at radius 3 is 1.75 bits per heavy atom. The van der Waals surface area contributed by atoms with Crippen LogP contribution in [0.5, 0.6) is 11.5 Å². The molecule has 0 aliphatic carbocycles. The third-order valence-corrected chi connectivity index (χ3v) is 25.4. The lowest BCUT2D eigenvalue weighted by molar-refractivity contribution is -0.316. The number of amides is 1. The van der Waals surface area contributed by atoms with E-state index in [9.17, 15) is 17.6 Å². The number of methoxy groups -OCH3 is 1. The third-order valence-electron chi connectivity index (χ3n) is 19.7. The lowest BCUT2D eigenvalue weighted by Crippen LogP contribution is -2.64. The van der Waals surface area contributed by atoms with Gasteiger partial charge in [-0.25, -0.2) is 4.39 Å². The van der Waals surface area contributed by atoms with Gasteiger partial charge in [-0.05, 0) is 148 Å². The molecule has 17 nitrogen and oxygen atoms in total. The van der Waals surface area contributed by atoms with E-state index in [4.69, 9.17) is 60.7 Å². The van der Waals surface area contributed by atoms with Crippen LogP contribution in [0.2, 0.25) is 18.1 Å². The van der Waals surface area contributed by atoms with Crippen molar-refractivity contribution in [3.63, 3.8) is 0 Å². The van der Waals surface area contributed by atoms with Gasteiger partial charge in [0, 0.05) is 71.2 Å². The molecule has 20 heteroatoms. The van der Waals surface area contributed by atoms with Crippen molar-refractivity contribution < 1.29 is 78.3 Å². The highest BCUT2D eigenvalue weighted by molar-refractivity contribution is 7.87. The first kappa shape index (κ1) is 86.5. The van der Waals surface area contributed by atoms with Gasteiger partial charge < -0.3 is 65.6 Å². The van der Waals surface area contributed by atoms with Crippen molar-refractivity contribution in [2.24, 2.45) is 5.92 Å². The summed E-state index contributed by atoms with van der Waals surface area (Å²) in [7, 11) is -5.13. The number of benzene rings is 4. The summed E-state index contributed by atoms with van der Waals surface area (Å²) < 4.78 is 132. The van der Waals surface area contributed by atoms with E-state index in [1.54, 1.807) is 31.4 Å². The third kappa shape index (κ3) is 26.8. The molecule has 3 unspecified atom stereocenters. The van der Waals surface area contributed by atoms with Gasteiger partial charge in [0.1, 0.15) is 65.8 Å². The average Bonchev–Trinajstić information content (AvgIpc) is 0.735. The molecule has 2 aliphatic heterocycles. The van der Waals surface area contributed by atoms with Crippen LogP contribution in [-0.2, 0) is 66.7 Å². The van der Waals surface area contributed by atoms with Gasteiger partial charge in [-0.15, -0.1) is 0 Å². The van der Waals surface area contributed by atoms with Crippen molar-refractivity contribution in [2.45, 2.75) is 284 Å². The van der Waals surface area contributed by atoms with Crippen LogP contribution in [0, 0.1) is 11.7 Å². The Hall–Kier alpha value is -4.39. The van der Waals surface area contributed by atoms with E-state index < -0.39 is 85.2 Å². The number of hydrogen-bond acceptors (Lipinski definition) is 16. The van der Waals surface area contributed by atoms with Crippen LogP contribution < -0.4 is 13.8 Å². The second-order valence-corrected chi connectivity index (χ2v) is 35.4. The number of nitrogens with zero attached hydrogens (tertiary/aromatic N) is 1. The molecule has 2 heterocycles. The number of β-lactam (4-membered cyclic amide) rings is 1. The van der Waals surface area contributed by atoms with E-state index >= 15 is 0 Å². The van der Waals surface area contributed by atoms with E-state index in [0.29, 0.717) is 90.9 Å². The Morgan fingerprint density at radius 2 is 1.15 bits per heavy atom. The SMILES string of the molecule is CCCCOCC[C@@H](OCCCC)C(OCCCC)[C@H](OCCCC)[C@@H](OC)O[C@@H]1C(COCCCC)O[C@@H](CS(=O)(=O)Oc2ccc(-c3ccc([C@@H]4[C@@H](CC[C@H](O[Si](C)(C)C(C)(C)C)c5ccc(F)cc5)C(=O)N4c4ccccc4)c(OCCCC)c3)cc2)[C@@H](OCCCC)C1OCCCC. The maximum absolute atomic E-state index is 14.8. The van der Waals surface area contributed by atoms with Crippen molar-refractivity contribution >= 4 is 30.0 Å². The summed E-state index contributed by atoms with van der Waals surface area (Å²) in [5.74, 6) is -0.509. The summed E-state index contributed by atoms with van der Waals surface area (Å²) in [6.07, 6.45) is 7.64. The van der Waals surface area contributed by atoms with E-state index in [-0.39, 0.29) is 41.3 Å². The first-order chi connectivity index (χ1) is 49.2. The van der Waals surface area contributed by atoms with Gasteiger partial charge in [-0.1, -0.05) is 182 Å². The number of hydrogen-bond donors (Lipinski definition) is 0. The fourth-order valence-corrected chi connectivity index (χ4v) is 15.0. The maximum atomic E-state index is 14.8. The molecule has 12 atom stereocenters. The number of carbonyl (C=O) groups is 1. The molecule has 102 heavy (non-hydrogen) atoms. The summed E-state index contributed by atoms with van der Waals surface area (Å²) in [6.45, 7) is 32.2. The average molecular weight is 1470 g/mol. The van der Waals surface area contributed by atoms with Gasteiger partial charge in [-0.3, -0.25) is 4.79 Å². The molecule has 0 bridgehead atoms. The zero-order chi connectivity index (χ0) is 73.9. The monoisotopic (exact) mass is 1460 g/mol. The Morgan fingerprint density at radius 1 is 0.588 bits per heavy atom. The van der Waals surface area contributed by atoms with Gasteiger partial charge in [0.05, 0.1) is 37.4 Å². The molecule has 4 aromatic carbocycles. The van der Waals surface area contributed by atoms with Crippen molar-refractivity contribution in [3.8, 4) is 22.6 Å². The quantitative estimate of drug-likeness (QED) is 0.0134. The second-order valence-electron chi connectivity index (χ2n) is 29.0. The predicted octanol–water partition coefficient (Wildman–Crippen LogP) is 18.7. The number of unbranched alkanes of at least 4 members (excludes halogenated alkanes) is 8. The minimum absolute atomic E-state index is 0.0113. The number of halogens is 1. The molecule has 0 N–H and O–H groups in total. The van der Waals surface area contributed by atoms with Crippen molar-refractivity contribution in [1.29, 1.82) is 0 Å². The molecule has 0 aromatic heterocycles. The van der Waals surface area contributed by atoms with Gasteiger partial charge >= 0.3 is 10.1 Å². The largest absolute Gasteiger partial charge is 0.493 e. The molecule has 4 aromatic rings. The molecule has 2 saturated heterocycles. The number of carbonyl (C=O) groups excluding carboxylic acids is 1. The lowest BCUT2D eigenvalue weighted by atomic mass is 9.77. The summed E-state index contributed by atoms with van der Waals surface area (Å²) in [5.41, 5.74) is 4.17. The van der Waals surface area contributed by atoms with Gasteiger partial charge in [0.15, 0.2) is 14.6 Å². The van der Waals surface area contributed by atoms with Gasteiger partial charge in [-0.2, -0.15) is 8.42 Å². The molecule has 0 radical (unpaired) electrons. The van der Waals surface area contributed by atoms with Crippen LogP contribution in [0.15, 0.2) is 97.1 Å². The van der Waals surface area contributed by atoms with Crippen LogP contribution in [0.4, 0.5) is 10.1 Å². The van der Waals surface area contributed by atoms with Crippen molar-refractivity contribution in [2.75, 3.05) is 83.8 Å². The summed E-state index contributed by atoms with van der Waals surface area (Å²) in [4.78, 5) is 16.5. The highest BCUT2D eigenvalue weighted by atomic mass is 32.2. The van der Waals surface area contributed by atoms with Crippen LogP contribution in [0.3, 0.4) is 0 Å². The molecule has 0 saturated carbocycles. The summed E-state index contributed by atoms with van der Waals surface area (Å²) in [6, 6.07) is 29.0. The summed E-state index contributed by atoms with van der Waals surface area (Å²) in [5, 5.41) is -0.0809. The minimum atomic E-state index is -4.42. The first-order valence-electron chi connectivity index (χ1n) is 38.9. The minimum Gasteiger partial charge on any atom is -0.493 e. The number of ether oxygens (including phenoxy) is 11. The Balaban J connectivity index is 1.33. The Bertz CT molecular complexity index is 3030. The standard InChI is InChI=1S/C82H130FNO16SSi/c1-15-23-49-89-57-48-70(91-51-25-17-3)75(93-53-27-19-5)79(96-56-30-22-8)81(88-12)98-77-72(59-90-50-24-16-2)97-73(76(94-54-28-20-6)78(77)95-55-29-21-7)60-101(86,87)99-66-43-38-61(39-44-66)63-40-45-67(71(58-63)92-52-26-18-4)74-68(80(85)84(74)65-34-32-31-33-35-65)46-47-69(62-36-41-64(83)42-37-62)100-102(13,14)82(9,10)11/h31-45,58,68-70,72-79,81H,15-30,46-57,59-60H2,1-14H3/t68-,69+,70-,72?,73+,74-,75?,76-,77-,78?,79+,81+/m1/s1. The molecule has 0 spiro atoms. The Kier molecular flexibility index (Phi) is 39.0. The van der Waals surface area contributed by atoms with E-state index in [0.717, 1.165) is 124 Å². The first-order valence-corrected chi connectivity index (χ1v) is 43.4.